The number of nitrogens with zero attached hydrogens (tertiary/aromatic N) is 6. The lowest BCUT2D eigenvalue weighted by Gasteiger charge is -2.13. The molecular formula is C13H20N6OS. The SMILES string of the molecule is CCCc1nnc(Sc2nc(C(C)C)nc(N(C)C)n2)o1. The van der Waals surface area contributed by atoms with E-state index in [-0.39, 0.29) is 5.92 Å². The van der Waals surface area contributed by atoms with Crippen LogP contribution in [0.1, 0.15) is 44.8 Å². The van der Waals surface area contributed by atoms with Crippen LogP contribution in [0.5, 0.6) is 0 Å². The molecule has 2 heterocycles. The van der Waals surface area contributed by atoms with Crippen molar-refractivity contribution in [1.29, 1.82) is 0 Å². The van der Waals surface area contributed by atoms with Gasteiger partial charge < -0.3 is 9.32 Å². The second-order valence-electron chi connectivity index (χ2n) is 5.14. The van der Waals surface area contributed by atoms with Gasteiger partial charge in [-0.25, -0.2) is 4.98 Å². The van der Waals surface area contributed by atoms with Crippen molar-refractivity contribution in [1.82, 2.24) is 25.1 Å². The first-order chi connectivity index (χ1) is 9.99. The van der Waals surface area contributed by atoms with E-state index >= 15 is 0 Å². The van der Waals surface area contributed by atoms with Crippen molar-refractivity contribution in [2.45, 2.75) is 49.9 Å². The molecule has 2 rings (SSSR count). The molecule has 0 spiro atoms. The van der Waals surface area contributed by atoms with Gasteiger partial charge in [0.2, 0.25) is 17.0 Å². The Bertz CT molecular complexity index is 572. The highest BCUT2D eigenvalue weighted by molar-refractivity contribution is 7.98. The van der Waals surface area contributed by atoms with E-state index in [0.717, 1.165) is 18.7 Å². The number of anilines is 1. The van der Waals surface area contributed by atoms with Gasteiger partial charge in [0.05, 0.1) is 0 Å². The van der Waals surface area contributed by atoms with Gasteiger partial charge in [-0.05, 0) is 6.42 Å². The highest BCUT2D eigenvalue weighted by Gasteiger charge is 2.15. The van der Waals surface area contributed by atoms with E-state index in [9.17, 15) is 0 Å². The zero-order valence-electron chi connectivity index (χ0n) is 13.0. The maximum Gasteiger partial charge on any atom is 0.284 e. The van der Waals surface area contributed by atoms with Crippen LogP contribution in [0.2, 0.25) is 0 Å². The Morgan fingerprint density at radius 1 is 1.14 bits per heavy atom. The van der Waals surface area contributed by atoms with Gasteiger partial charge in [0.25, 0.3) is 5.22 Å². The minimum Gasteiger partial charge on any atom is -0.416 e. The summed E-state index contributed by atoms with van der Waals surface area (Å²) in [6.45, 7) is 6.17. The number of rotatable bonds is 6. The standard InChI is InChI=1S/C13H20N6OS/c1-6-7-9-17-18-13(20-9)21-12-15-10(8(2)3)14-11(16-12)19(4)5/h8H,6-7H2,1-5H3. The zero-order valence-corrected chi connectivity index (χ0v) is 13.8. The van der Waals surface area contributed by atoms with Gasteiger partial charge in [0.15, 0.2) is 0 Å². The predicted molar refractivity (Wildman–Crippen MR) is 80.7 cm³/mol. The fourth-order valence-corrected chi connectivity index (χ4v) is 2.18. The zero-order chi connectivity index (χ0) is 15.4. The maximum atomic E-state index is 5.56. The quantitative estimate of drug-likeness (QED) is 0.805. The largest absolute Gasteiger partial charge is 0.416 e. The summed E-state index contributed by atoms with van der Waals surface area (Å²) in [5.41, 5.74) is 0. The first kappa shape index (κ1) is 15.7. The van der Waals surface area contributed by atoms with Crippen LogP contribution in [0, 0.1) is 0 Å². The molecule has 2 aromatic heterocycles. The lowest BCUT2D eigenvalue weighted by Crippen LogP contribution is -2.15. The Labute approximate surface area is 128 Å². The van der Waals surface area contributed by atoms with Gasteiger partial charge in [-0.1, -0.05) is 20.8 Å². The second-order valence-corrected chi connectivity index (χ2v) is 6.06. The van der Waals surface area contributed by atoms with E-state index < -0.39 is 0 Å². The molecule has 0 unspecified atom stereocenters. The Hall–Kier alpha value is -1.70. The average Bonchev–Trinajstić information content (AvgIpc) is 2.86. The van der Waals surface area contributed by atoms with Gasteiger partial charge in [0.1, 0.15) is 5.82 Å². The molecule has 0 bridgehead atoms. The fourth-order valence-electron chi connectivity index (χ4n) is 1.54. The first-order valence-corrected chi connectivity index (χ1v) is 7.74. The van der Waals surface area contributed by atoms with Crippen molar-refractivity contribution < 1.29 is 4.42 Å². The van der Waals surface area contributed by atoms with Gasteiger partial charge in [-0.2, -0.15) is 9.97 Å². The molecule has 0 fully saturated rings. The molecule has 0 aliphatic carbocycles. The number of hydrogen-bond donors (Lipinski definition) is 0. The summed E-state index contributed by atoms with van der Waals surface area (Å²) < 4.78 is 5.56. The molecular weight excluding hydrogens is 288 g/mol. The van der Waals surface area contributed by atoms with E-state index in [1.165, 1.54) is 11.8 Å². The summed E-state index contributed by atoms with van der Waals surface area (Å²) in [6, 6.07) is 0. The summed E-state index contributed by atoms with van der Waals surface area (Å²) in [4.78, 5) is 15.1. The molecule has 0 N–H and O–H groups in total. The Kier molecular flexibility index (Phi) is 5.11. The maximum absolute atomic E-state index is 5.56. The molecule has 0 amide bonds. The van der Waals surface area contributed by atoms with E-state index in [0.29, 0.717) is 22.2 Å². The number of aromatic nitrogens is 5. The fraction of sp³-hybridized carbons (Fsp3) is 0.615. The summed E-state index contributed by atoms with van der Waals surface area (Å²) >= 11 is 1.27. The molecule has 2 aromatic rings. The molecule has 0 radical (unpaired) electrons. The van der Waals surface area contributed by atoms with E-state index in [4.69, 9.17) is 4.42 Å². The summed E-state index contributed by atoms with van der Waals surface area (Å²) in [5, 5.41) is 9.04. The minimum atomic E-state index is 0.226. The highest BCUT2D eigenvalue weighted by Crippen LogP contribution is 2.25. The van der Waals surface area contributed by atoms with Crippen LogP contribution in [0.15, 0.2) is 14.8 Å². The van der Waals surface area contributed by atoms with Crippen LogP contribution in [-0.4, -0.2) is 39.2 Å². The lowest BCUT2D eigenvalue weighted by atomic mass is 10.2. The topological polar surface area (TPSA) is 80.8 Å². The number of hydrogen-bond acceptors (Lipinski definition) is 8. The van der Waals surface area contributed by atoms with Gasteiger partial charge in [-0.15, -0.1) is 10.2 Å². The molecule has 21 heavy (non-hydrogen) atoms. The molecule has 0 saturated heterocycles. The smallest absolute Gasteiger partial charge is 0.284 e. The third-order valence-corrected chi connectivity index (χ3v) is 3.33. The van der Waals surface area contributed by atoms with Crippen molar-refractivity contribution in [3.63, 3.8) is 0 Å². The molecule has 0 aromatic carbocycles. The van der Waals surface area contributed by atoms with Crippen LogP contribution < -0.4 is 4.90 Å². The van der Waals surface area contributed by atoms with Crippen LogP contribution in [0.4, 0.5) is 5.95 Å². The molecule has 8 heteroatoms. The summed E-state index contributed by atoms with van der Waals surface area (Å²) in [5.74, 6) is 2.25. The number of aryl methyl sites for hydroxylation is 1. The predicted octanol–water partition coefficient (Wildman–Crippen LogP) is 2.55. The van der Waals surface area contributed by atoms with Crippen molar-refractivity contribution in [3.05, 3.63) is 11.7 Å². The van der Waals surface area contributed by atoms with Crippen molar-refractivity contribution in [2.24, 2.45) is 0 Å². The molecule has 0 atom stereocenters. The van der Waals surface area contributed by atoms with Crippen molar-refractivity contribution in [2.75, 3.05) is 19.0 Å². The normalized spacial score (nSPS) is 11.1. The van der Waals surface area contributed by atoms with Crippen molar-refractivity contribution in [3.8, 4) is 0 Å². The molecule has 0 aliphatic heterocycles. The van der Waals surface area contributed by atoms with Crippen LogP contribution in [0.3, 0.4) is 0 Å². The Morgan fingerprint density at radius 2 is 1.90 bits per heavy atom. The monoisotopic (exact) mass is 308 g/mol. The average molecular weight is 308 g/mol. The van der Waals surface area contributed by atoms with Gasteiger partial charge in [0, 0.05) is 38.2 Å². The van der Waals surface area contributed by atoms with Crippen molar-refractivity contribution >= 4 is 17.7 Å². The van der Waals surface area contributed by atoms with Gasteiger partial charge >= 0.3 is 0 Å². The van der Waals surface area contributed by atoms with Crippen LogP contribution in [-0.2, 0) is 6.42 Å². The summed E-state index contributed by atoms with van der Waals surface area (Å²) in [6.07, 6.45) is 1.76. The van der Waals surface area contributed by atoms with E-state index in [1.807, 2.05) is 19.0 Å². The second kappa shape index (κ2) is 6.84. The Balaban J connectivity index is 2.25. The molecule has 7 nitrogen and oxygen atoms in total. The van der Waals surface area contributed by atoms with E-state index in [2.05, 4.69) is 45.9 Å². The Morgan fingerprint density at radius 3 is 2.52 bits per heavy atom. The molecule has 114 valence electrons. The van der Waals surface area contributed by atoms with Crippen LogP contribution >= 0.6 is 11.8 Å². The third-order valence-electron chi connectivity index (χ3n) is 2.63. The summed E-state index contributed by atoms with van der Waals surface area (Å²) in [7, 11) is 3.81. The van der Waals surface area contributed by atoms with E-state index in [1.54, 1.807) is 0 Å². The molecule has 0 saturated carbocycles. The highest BCUT2D eigenvalue weighted by atomic mass is 32.2. The lowest BCUT2D eigenvalue weighted by molar-refractivity contribution is 0.411. The van der Waals surface area contributed by atoms with Crippen LogP contribution in [0.25, 0.3) is 0 Å². The molecule has 0 aliphatic rings. The first-order valence-electron chi connectivity index (χ1n) is 6.93. The van der Waals surface area contributed by atoms with Gasteiger partial charge in [-0.3, -0.25) is 0 Å². The minimum absolute atomic E-state index is 0.226. The third kappa shape index (κ3) is 4.13.